The van der Waals surface area contributed by atoms with Crippen LogP contribution in [0.15, 0.2) is 22.7 Å². The smallest absolute Gasteiger partial charge is 0.244 e. The Morgan fingerprint density at radius 2 is 2.10 bits per heavy atom. The Labute approximate surface area is 132 Å². The Hall–Kier alpha value is -1.10. The molecule has 1 aromatic heterocycles. The number of fused-ring (bicyclic) bond motifs is 1. The molecular weight excluding hydrogens is 309 g/mol. The fraction of sp³-hybridized carbons (Fsp3) is 0.467. The molecule has 2 aromatic rings. The molecule has 6 heteroatoms. The quantitative estimate of drug-likeness (QED) is 0.903. The number of rotatable bonds is 2. The highest BCUT2D eigenvalue weighted by Gasteiger charge is 2.42. The summed E-state index contributed by atoms with van der Waals surface area (Å²) in [5.41, 5.74) is 0.820. The van der Waals surface area contributed by atoms with Gasteiger partial charge in [-0.05, 0) is 49.4 Å². The van der Waals surface area contributed by atoms with Gasteiger partial charge in [0, 0.05) is 5.56 Å². The minimum absolute atomic E-state index is 0.196. The van der Waals surface area contributed by atoms with E-state index < -0.39 is 0 Å². The highest BCUT2D eigenvalue weighted by atomic mass is 35.5. The second-order valence-corrected chi connectivity index (χ2v) is 6.64. The van der Waals surface area contributed by atoms with Crippen LogP contribution in [0, 0.1) is 11.8 Å². The molecule has 1 aliphatic carbocycles. The largest absolute Gasteiger partial charge is 0.337 e. The van der Waals surface area contributed by atoms with Gasteiger partial charge >= 0.3 is 0 Å². The summed E-state index contributed by atoms with van der Waals surface area (Å²) in [5.74, 6) is 2.64. The molecule has 1 aromatic carbocycles. The van der Waals surface area contributed by atoms with E-state index in [0.717, 1.165) is 18.0 Å². The first-order valence-electron chi connectivity index (χ1n) is 7.25. The number of benzene rings is 1. The fourth-order valence-electron chi connectivity index (χ4n) is 3.57. The van der Waals surface area contributed by atoms with Crippen LogP contribution in [0.2, 0.25) is 10.0 Å². The molecule has 4 nitrogen and oxygen atoms in total. The maximum absolute atomic E-state index is 6.04. The topological polar surface area (TPSA) is 51.0 Å². The first kappa shape index (κ1) is 13.6. The van der Waals surface area contributed by atoms with Gasteiger partial charge in [0.2, 0.25) is 11.7 Å². The first-order chi connectivity index (χ1) is 10.2. The van der Waals surface area contributed by atoms with Crippen LogP contribution in [0.4, 0.5) is 0 Å². The maximum atomic E-state index is 6.04. The van der Waals surface area contributed by atoms with Gasteiger partial charge in [-0.15, -0.1) is 0 Å². The second kappa shape index (κ2) is 5.27. The van der Waals surface area contributed by atoms with Gasteiger partial charge in [-0.2, -0.15) is 4.98 Å². The lowest BCUT2D eigenvalue weighted by Gasteiger charge is -2.13. The Balaban J connectivity index is 1.62. The van der Waals surface area contributed by atoms with Crippen LogP contribution in [-0.2, 0) is 0 Å². The third-order valence-corrected chi connectivity index (χ3v) is 5.37. The minimum Gasteiger partial charge on any atom is -0.337 e. The van der Waals surface area contributed by atoms with Gasteiger partial charge in [-0.25, -0.2) is 0 Å². The Bertz CT molecular complexity index is 673. The summed E-state index contributed by atoms with van der Waals surface area (Å²) in [6.07, 6.45) is 3.86. The SMILES string of the molecule is Clc1ccc(-c2noc(C3NCC4CCCC43)n2)cc1Cl. The molecule has 3 atom stereocenters. The molecule has 110 valence electrons. The van der Waals surface area contributed by atoms with E-state index in [0.29, 0.717) is 27.7 Å². The molecule has 1 saturated carbocycles. The van der Waals surface area contributed by atoms with Gasteiger partial charge in [0.05, 0.1) is 16.1 Å². The van der Waals surface area contributed by atoms with Crippen molar-refractivity contribution >= 4 is 23.2 Å². The van der Waals surface area contributed by atoms with Gasteiger partial charge in [-0.1, -0.05) is 34.8 Å². The van der Waals surface area contributed by atoms with Gasteiger partial charge in [0.25, 0.3) is 0 Å². The normalized spacial score (nSPS) is 28.0. The summed E-state index contributed by atoms with van der Waals surface area (Å²) in [4.78, 5) is 4.55. The van der Waals surface area contributed by atoms with E-state index in [9.17, 15) is 0 Å². The minimum atomic E-state index is 0.196. The van der Waals surface area contributed by atoms with E-state index in [-0.39, 0.29) is 6.04 Å². The first-order valence-corrected chi connectivity index (χ1v) is 8.00. The van der Waals surface area contributed by atoms with Crippen LogP contribution in [0.5, 0.6) is 0 Å². The van der Waals surface area contributed by atoms with Gasteiger partial charge < -0.3 is 9.84 Å². The lowest BCUT2D eigenvalue weighted by Crippen LogP contribution is -2.18. The summed E-state index contributed by atoms with van der Waals surface area (Å²) in [6, 6.07) is 5.56. The third-order valence-electron chi connectivity index (χ3n) is 4.63. The van der Waals surface area contributed by atoms with E-state index in [4.69, 9.17) is 27.7 Å². The molecule has 2 aliphatic rings. The summed E-state index contributed by atoms with van der Waals surface area (Å²) in [5, 5.41) is 8.62. The Kier molecular flexibility index (Phi) is 3.40. The van der Waals surface area contributed by atoms with Crippen LogP contribution < -0.4 is 5.32 Å². The number of nitrogens with one attached hydrogen (secondary N) is 1. The highest BCUT2D eigenvalue weighted by Crippen LogP contribution is 2.44. The Morgan fingerprint density at radius 3 is 2.95 bits per heavy atom. The zero-order valence-corrected chi connectivity index (χ0v) is 12.9. The standard InChI is InChI=1S/C15H15Cl2N3O/c16-11-5-4-8(6-12(11)17)14-19-15(21-20-14)13-10-3-1-2-9(10)7-18-13/h4-6,9-10,13,18H,1-3,7H2. The van der Waals surface area contributed by atoms with Crippen LogP contribution in [0.3, 0.4) is 0 Å². The number of aromatic nitrogens is 2. The predicted octanol–water partition coefficient (Wildman–Crippen LogP) is 4.10. The van der Waals surface area contributed by atoms with Crippen LogP contribution in [0.25, 0.3) is 11.4 Å². The molecule has 0 bridgehead atoms. The van der Waals surface area contributed by atoms with E-state index in [1.54, 1.807) is 12.1 Å². The average molecular weight is 324 g/mol. The summed E-state index contributed by atoms with van der Waals surface area (Å²) in [7, 11) is 0. The molecule has 3 unspecified atom stereocenters. The number of hydrogen-bond donors (Lipinski definition) is 1. The monoisotopic (exact) mass is 323 g/mol. The molecule has 4 rings (SSSR count). The van der Waals surface area contributed by atoms with Crippen molar-refractivity contribution in [2.24, 2.45) is 11.8 Å². The van der Waals surface area contributed by atoms with Crippen molar-refractivity contribution in [2.45, 2.75) is 25.3 Å². The molecule has 1 aliphatic heterocycles. The van der Waals surface area contributed by atoms with Gasteiger partial charge in [-0.3, -0.25) is 0 Å². The predicted molar refractivity (Wildman–Crippen MR) is 81.3 cm³/mol. The highest BCUT2D eigenvalue weighted by molar-refractivity contribution is 6.42. The van der Waals surface area contributed by atoms with Crippen LogP contribution >= 0.6 is 23.2 Å². The molecule has 2 heterocycles. The zero-order valence-electron chi connectivity index (χ0n) is 11.4. The molecule has 21 heavy (non-hydrogen) atoms. The maximum Gasteiger partial charge on any atom is 0.244 e. The van der Waals surface area contributed by atoms with E-state index in [1.165, 1.54) is 19.3 Å². The van der Waals surface area contributed by atoms with Crippen molar-refractivity contribution in [2.75, 3.05) is 6.54 Å². The summed E-state index contributed by atoms with van der Waals surface area (Å²) >= 11 is 12.0. The van der Waals surface area contributed by atoms with Crippen molar-refractivity contribution < 1.29 is 4.52 Å². The van der Waals surface area contributed by atoms with E-state index in [1.807, 2.05) is 6.07 Å². The van der Waals surface area contributed by atoms with Gasteiger partial charge in [0.15, 0.2) is 0 Å². The van der Waals surface area contributed by atoms with Gasteiger partial charge in [0.1, 0.15) is 0 Å². The lowest BCUT2D eigenvalue weighted by atomic mass is 9.94. The second-order valence-electron chi connectivity index (χ2n) is 5.83. The molecule has 0 spiro atoms. The molecule has 2 fully saturated rings. The van der Waals surface area contributed by atoms with Crippen molar-refractivity contribution in [1.29, 1.82) is 0 Å². The number of halogens is 2. The third kappa shape index (κ3) is 2.35. The summed E-state index contributed by atoms with van der Waals surface area (Å²) < 4.78 is 5.48. The number of nitrogens with zero attached hydrogens (tertiary/aromatic N) is 2. The zero-order chi connectivity index (χ0) is 14.4. The van der Waals surface area contributed by atoms with Crippen LogP contribution in [0.1, 0.15) is 31.2 Å². The number of hydrogen-bond acceptors (Lipinski definition) is 4. The fourth-order valence-corrected chi connectivity index (χ4v) is 3.87. The lowest BCUT2D eigenvalue weighted by molar-refractivity contribution is 0.302. The van der Waals surface area contributed by atoms with Crippen LogP contribution in [-0.4, -0.2) is 16.7 Å². The van der Waals surface area contributed by atoms with E-state index in [2.05, 4.69) is 15.5 Å². The molecule has 1 N–H and O–H groups in total. The molecule has 0 radical (unpaired) electrons. The average Bonchev–Trinajstić information content (AvgIpc) is 3.16. The van der Waals surface area contributed by atoms with Crippen molar-refractivity contribution in [3.63, 3.8) is 0 Å². The molecular formula is C15H15Cl2N3O. The van der Waals surface area contributed by atoms with Crippen molar-refractivity contribution in [3.8, 4) is 11.4 Å². The van der Waals surface area contributed by atoms with E-state index >= 15 is 0 Å². The van der Waals surface area contributed by atoms with Crippen molar-refractivity contribution in [3.05, 3.63) is 34.1 Å². The molecule has 0 amide bonds. The van der Waals surface area contributed by atoms with Crippen molar-refractivity contribution in [1.82, 2.24) is 15.5 Å². The molecule has 1 saturated heterocycles. The summed E-state index contributed by atoms with van der Waals surface area (Å²) in [6.45, 7) is 1.06. The Morgan fingerprint density at radius 1 is 1.19 bits per heavy atom.